The summed E-state index contributed by atoms with van der Waals surface area (Å²) in [6, 6.07) is 6.68. The van der Waals surface area contributed by atoms with Crippen molar-refractivity contribution in [3.05, 3.63) is 48.5 Å². The molecule has 3 heterocycles. The second-order valence-corrected chi connectivity index (χ2v) is 8.34. The number of hydrogen-bond acceptors (Lipinski definition) is 5. The van der Waals surface area contributed by atoms with E-state index in [2.05, 4.69) is 10.3 Å². The van der Waals surface area contributed by atoms with E-state index < -0.39 is 11.6 Å². The SMILES string of the molecule is CC(C(=O)NCCCn1ccnc1)N1CCC2(CCC1=O)CC(=O)c1ccccc1O2. The Morgan fingerprint density at radius 1 is 1.29 bits per heavy atom. The number of aromatic nitrogens is 2. The monoisotopic (exact) mass is 424 g/mol. The molecule has 1 spiro atoms. The zero-order valence-corrected chi connectivity index (χ0v) is 17.8. The fraction of sp³-hybridized carbons (Fsp3) is 0.478. The maximum Gasteiger partial charge on any atom is 0.242 e. The van der Waals surface area contributed by atoms with Gasteiger partial charge in [-0.2, -0.15) is 0 Å². The summed E-state index contributed by atoms with van der Waals surface area (Å²) in [5, 5.41) is 2.92. The summed E-state index contributed by atoms with van der Waals surface area (Å²) in [5.41, 5.74) is -0.0828. The highest BCUT2D eigenvalue weighted by Crippen LogP contribution is 2.39. The van der Waals surface area contributed by atoms with Crippen molar-refractivity contribution in [1.82, 2.24) is 19.8 Å². The quantitative estimate of drug-likeness (QED) is 0.718. The minimum atomic E-state index is -0.684. The van der Waals surface area contributed by atoms with E-state index in [4.69, 9.17) is 4.74 Å². The van der Waals surface area contributed by atoms with Crippen molar-refractivity contribution in [2.24, 2.45) is 0 Å². The van der Waals surface area contributed by atoms with Gasteiger partial charge >= 0.3 is 0 Å². The van der Waals surface area contributed by atoms with E-state index in [1.165, 1.54) is 0 Å². The second kappa shape index (κ2) is 8.91. The highest BCUT2D eigenvalue weighted by Gasteiger charge is 2.44. The van der Waals surface area contributed by atoms with Crippen molar-refractivity contribution >= 4 is 17.6 Å². The van der Waals surface area contributed by atoms with E-state index in [1.807, 2.05) is 22.9 Å². The maximum absolute atomic E-state index is 12.8. The molecular weight excluding hydrogens is 396 g/mol. The van der Waals surface area contributed by atoms with Gasteiger partial charge in [-0.05, 0) is 31.9 Å². The molecule has 31 heavy (non-hydrogen) atoms. The Morgan fingerprint density at radius 2 is 2.13 bits per heavy atom. The minimum Gasteiger partial charge on any atom is -0.486 e. The number of amides is 2. The fourth-order valence-corrected chi connectivity index (χ4v) is 4.37. The van der Waals surface area contributed by atoms with Gasteiger partial charge in [0.15, 0.2) is 5.78 Å². The van der Waals surface area contributed by atoms with Gasteiger partial charge in [-0.3, -0.25) is 14.4 Å². The Kier molecular flexibility index (Phi) is 6.06. The van der Waals surface area contributed by atoms with E-state index in [9.17, 15) is 14.4 Å². The molecule has 1 N–H and O–H groups in total. The molecule has 2 aliphatic rings. The Balaban J connectivity index is 1.34. The molecule has 2 atom stereocenters. The first-order chi connectivity index (χ1) is 15.0. The molecule has 1 saturated heterocycles. The van der Waals surface area contributed by atoms with Gasteiger partial charge in [0.05, 0.1) is 18.3 Å². The zero-order chi connectivity index (χ0) is 21.8. The van der Waals surface area contributed by atoms with Gasteiger partial charge in [0.2, 0.25) is 11.8 Å². The molecule has 0 saturated carbocycles. The average Bonchev–Trinajstić information content (AvgIpc) is 3.23. The summed E-state index contributed by atoms with van der Waals surface area (Å²) in [6.45, 7) is 3.44. The Bertz CT molecular complexity index is 958. The van der Waals surface area contributed by atoms with Crippen LogP contribution in [0.5, 0.6) is 5.75 Å². The number of imidazole rings is 1. The smallest absolute Gasteiger partial charge is 0.242 e. The van der Waals surface area contributed by atoms with Gasteiger partial charge in [-0.25, -0.2) is 4.98 Å². The van der Waals surface area contributed by atoms with Crippen LogP contribution < -0.4 is 10.1 Å². The average molecular weight is 425 g/mol. The molecule has 2 amide bonds. The molecule has 1 fully saturated rings. The molecule has 8 heteroatoms. The number of fused-ring (bicyclic) bond motifs is 1. The lowest BCUT2D eigenvalue weighted by molar-refractivity contribution is -0.139. The molecule has 1 aromatic carbocycles. The summed E-state index contributed by atoms with van der Waals surface area (Å²) in [7, 11) is 0. The van der Waals surface area contributed by atoms with Crippen LogP contribution in [0, 0.1) is 0 Å². The standard InChI is InChI=1S/C23H28N4O4/c1-17(22(30)25-10-4-12-26-14-11-24-16-26)27-13-9-23(8-7-21(27)29)15-19(28)18-5-2-3-6-20(18)31-23/h2-3,5-6,11,14,16-17H,4,7-10,12-13,15H2,1H3,(H,25,30). The topological polar surface area (TPSA) is 93.5 Å². The van der Waals surface area contributed by atoms with Gasteiger partial charge in [0.25, 0.3) is 0 Å². The van der Waals surface area contributed by atoms with E-state index in [0.717, 1.165) is 13.0 Å². The molecule has 4 rings (SSSR count). The molecule has 0 aliphatic carbocycles. The predicted molar refractivity (Wildman–Crippen MR) is 114 cm³/mol. The number of ether oxygens (including phenoxy) is 1. The van der Waals surface area contributed by atoms with Crippen LogP contribution in [0.15, 0.2) is 43.0 Å². The van der Waals surface area contributed by atoms with Crippen molar-refractivity contribution < 1.29 is 19.1 Å². The first kappa shape index (κ1) is 21.1. The first-order valence-corrected chi connectivity index (χ1v) is 10.8. The van der Waals surface area contributed by atoms with E-state index in [1.54, 1.807) is 36.5 Å². The van der Waals surface area contributed by atoms with Crippen molar-refractivity contribution in [2.75, 3.05) is 13.1 Å². The number of hydrogen-bond donors (Lipinski definition) is 1. The van der Waals surface area contributed by atoms with Crippen LogP contribution in [0.1, 0.15) is 49.4 Å². The van der Waals surface area contributed by atoms with E-state index in [-0.39, 0.29) is 30.4 Å². The molecule has 164 valence electrons. The minimum absolute atomic E-state index is 0.0476. The number of carbonyl (C=O) groups is 3. The molecule has 1 aromatic heterocycles. The van der Waals surface area contributed by atoms with Crippen LogP contribution in [0.2, 0.25) is 0 Å². The molecule has 2 unspecified atom stereocenters. The lowest BCUT2D eigenvalue weighted by Crippen LogP contribution is -2.48. The van der Waals surface area contributed by atoms with Gasteiger partial charge < -0.3 is 19.5 Å². The summed E-state index contributed by atoms with van der Waals surface area (Å²) in [4.78, 5) is 43.7. The summed E-state index contributed by atoms with van der Waals surface area (Å²) in [5.74, 6) is 0.392. The van der Waals surface area contributed by atoms with Gasteiger partial charge in [-0.15, -0.1) is 0 Å². The fourth-order valence-electron chi connectivity index (χ4n) is 4.37. The molecule has 0 radical (unpaired) electrons. The first-order valence-electron chi connectivity index (χ1n) is 10.8. The highest BCUT2D eigenvalue weighted by molar-refractivity contribution is 6.00. The number of nitrogens with one attached hydrogen (secondary N) is 1. The second-order valence-electron chi connectivity index (χ2n) is 8.34. The normalized spacial score (nSPS) is 21.9. The Labute approximate surface area is 181 Å². The number of para-hydroxylation sites is 1. The Morgan fingerprint density at radius 3 is 2.94 bits per heavy atom. The van der Waals surface area contributed by atoms with Crippen LogP contribution in [-0.4, -0.2) is 56.8 Å². The lowest BCUT2D eigenvalue weighted by Gasteiger charge is -2.37. The van der Waals surface area contributed by atoms with Crippen LogP contribution in [-0.2, 0) is 16.1 Å². The zero-order valence-electron chi connectivity index (χ0n) is 17.8. The number of Topliss-reactive ketones (excluding diaryl/α,β-unsaturated/α-hetero) is 1. The number of rotatable bonds is 6. The summed E-state index contributed by atoms with van der Waals surface area (Å²) >= 11 is 0. The van der Waals surface area contributed by atoms with Gasteiger partial charge in [0.1, 0.15) is 17.4 Å². The predicted octanol–water partition coefficient (Wildman–Crippen LogP) is 2.19. The molecule has 8 nitrogen and oxygen atoms in total. The lowest BCUT2D eigenvalue weighted by atomic mass is 9.84. The van der Waals surface area contributed by atoms with E-state index >= 15 is 0 Å². The largest absolute Gasteiger partial charge is 0.486 e. The van der Waals surface area contributed by atoms with Gasteiger partial charge in [0, 0.05) is 44.9 Å². The van der Waals surface area contributed by atoms with Gasteiger partial charge in [-0.1, -0.05) is 12.1 Å². The molecule has 2 aromatic rings. The van der Waals surface area contributed by atoms with Crippen molar-refractivity contribution in [2.45, 2.75) is 57.2 Å². The third-order valence-corrected chi connectivity index (χ3v) is 6.22. The Hall–Kier alpha value is -3.16. The summed E-state index contributed by atoms with van der Waals surface area (Å²) < 4.78 is 8.21. The molecular formula is C23H28N4O4. The third kappa shape index (κ3) is 4.62. The number of likely N-dealkylation sites (tertiary alicyclic amines) is 1. The summed E-state index contributed by atoms with van der Waals surface area (Å²) in [6.07, 6.45) is 7.65. The number of nitrogens with zero attached hydrogens (tertiary/aromatic N) is 3. The number of benzene rings is 1. The van der Waals surface area contributed by atoms with Crippen molar-refractivity contribution in [3.63, 3.8) is 0 Å². The maximum atomic E-state index is 12.8. The highest BCUT2D eigenvalue weighted by atomic mass is 16.5. The molecule has 0 bridgehead atoms. The van der Waals surface area contributed by atoms with Crippen molar-refractivity contribution in [1.29, 1.82) is 0 Å². The number of aryl methyl sites for hydroxylation is 1. The van der Waals surface area contributed by atoms with Crippen LogP contribution in [0.25, 0.3) is 0 Å². The van der Waals surface area contributed by atoms with Crippen LogP contribution >= 0.6 is 0 Å². The number of ketones is 1. The van der Waals surface area contributed by atoms with Crippen LogP contribution in [0.4, 0.5) is 0 Å². The third-order valence-electron chi connectivity index (χ3n) is 6.22. The van der Waals surface area contributed by atoms with Crippen molar-refractivity contribution in [3.8, 4) is 5.75 Å². The number of carbonyl (C=O) groups excluding carboxylic acids is 3. The molecule has 2 aliphatic heterocycles. The van der Waals surface area contributed by atoms with E-state index in [0.29, 0.717) is 37.2 Å². The van der Waals surface area contributed by atoms with Crippen LogP contribution in [0.3, 0.4) is 0 Å².